The van der Waals surface area contributed by atoms with Crippen LogP contribution in [0.4, 0.5) is 0 Å². The Morgan fingerprint density at radius 1 is 1.56 bits per heavy atom. The highest BCUT2D eigenvalue weighted by atomic mass is 32.1. The molecule has 1 fully saturated rings. The summed E-state index contributed by atoms with van der Waals surface area (Å²) in [6, 6.07) is 0. The van der Waals surface area contributed by atoms with Gasteiger partial charge in [-0.1, -0.05) is 6.92 Å². The van der Waals surface area contributed by atoms with Gasteiger partial charge < -0.3 is 10.2 Å². The summed E-state index contributed by atoms with van der Waals surface area (Å²) in [6.45, 7) is 7.41. The molecule has 2 heterocycles. The highest BCUT2D eigenvalue weighted by Crippen LogP contribution is 2.16. The largest absolute Gasteiger partial charge is 0.351 e. The van der Waals surface area contributed by atoms with Gasteiger partial charge in [-0.2, -0.15) is 0 Å². The standard InChI is InChI=1S/C13H22N4S/c1-10-4-6-17(7-5-10)13(14-3)16-9-12-8-15-11(2)18-12/h8,10H,4-7,9H2,1-3H3,(H,14,16). The lowest BCUT2D eigenvalue weighted by atomic mass is 10.00. The summed E-state index contributed by atoms with van der Waals surface area (Å²) in [6.07, 6.45) is 4.47. The Morgan fingerprint density at radius 3 is 2.83 bits per heavy atom. The fourth-order valence-electron chi connectivity index (χ4n) is 2.21. The van der Waals surface area contributed by atoms with Crippen molar-refractivity contribution in [1.29, 1.82) is 0 Å². The minimum atomic E-state index is 0.824. The summed E-state index contributed by atoms with van der Waals surface area (Å²) in [4.78, 5) is 12.3. The van der Waals surface area contributed by atoms with Gasteiger partial charge in [-0.25, -0.2) is 4.98 Å². The SMILES string of the molecule is CN=C(NCc1cnc(C)s1)N1CCC(C)CC1. The first-order chi connectivity index (χ1) is 8.69. The first kappa shape index (κ1) is 13.3. The average molecular weight is 266 g/mol. The van der Waals surface area contributed by atoms with Crippen LogP contribution in [-0.4, -0.2) is 36.0 Å². The fraction of sp³-hybridized carbons (Fsp3) is 0.692. The molecule has 0 bridgehead atoms. The maximum atomic E-state index is 4.37. The van der Waals surface area contributed by atoms with E-state index in [0.29, 0.717) is 0 Å². The molecule has 0 aliphatic carbocycles. The van der Waals surface area contributed by atoms with E-state index >= 15 is 0 Å². The number of likely N-dealkylation sites (tertiary alicyclic amines) is 1. The first-order valence-electron chi connectivity index (χ1n) is 6.56. The van der Waals surface area contributed by atoms with Crippen molar-refractivity contribution in [2.24, 2.45) is 10.9 Å². The topological polar surface area (TPSA) is 40.5 Å². The second-order valence-electron chi connectivity index (χ2n) is 4.92. The van der Waals surface area contributed by atoms with Crippen molar-refractivity contribution in [3.8, 4) is 0 Å². The lowest BCUT2D eigenvalue weighted by molar-refractivity contribution is 0.273. The zero-order chi connectivity index (χ0) is 13.0. The van der Waals surface area contributed by atoms with E-state index in [1.54, 1.807) is 11.3 Å². The van der Waals surface area contributed by atoms with Crippen LogP contribution in [0.2, 0.25) is 0 Å². The summed E-state index contributed by atoms with van der Waals surface area (Å²) in [5, 5.41) is 4.55. The lowest BCUT2D eigenvalue weighted by Crippen LogP contribution is -2.45. The van der Waals surface area contributed by atoms with Crippen LogP contribution in [0.5, 0.6) is 0 Å². The molecule has 0 aromatic carbocycles. The quantitative estimate of drug-likeness (QED) is 0.659. The summed E-state index contributed by atoms with van der Waals surface area (Å²) in [5.74, 6) is 1.87. The number of nitrogens with zero attached hydrogens (tertiary/aromatic N) is 3. The number of hydrogen-bond acceptors (Lipinski definition) is 3. The molecular weight excluding hydrogens is 244 g/mol. The summed E-state index contributed by atoms with van der Waals surface area (Å²) in [5.41, 5.74) is 0. The maximum Gasteiger partial charge on any atom is 0.193 e. The zero-order valence-corrected chi connectivity index (χ0v) is 12.3. The van der Waals surface area contributed by atoms with Crippen LogP contribution in [-0.2, 0) is 6.54 Å². The van der Waals surface area contributed by atoms with Crippen molar-refractivity contribution in [1.82, 2.24) is 15.2 Å². The summed E-state index contributed by atoms with van der Waals surface area (Å²) in [7, 11) is 1.86. The molecule has 1 aromatic heterocycles. The maximum absolute atomic E-state index is 4.37. The van der Waals surface area contributed by atoms with Gasteiger partial charge in [0.05, 0.1) is 11.6 Å². The third-order valence-electron chi connectivity index (χ3n) is 3.38. The second kappa shape index (κ2) is 6.18. The molecule has 1 aromatic rings. The van der Waals surface area contributed by atoms with E-state index in [9.17, 15) is 0 Å². The van der Waals surface area contributed by atoms with Crippen LogP contribution in [0.25, 0.3) is 0 Å². The van der Waals surface area contributed by atoms with E-state index in [1.165, 1.54) is 17.7 Å². The molecule has 1 saturated heterocycles. The Balaban J connectivity index is 1.86. The van der Waals surface area contributed by atoms with Crippen LogP contribution < -0.4 is 5.32 Å². The van der Waals surface area contributed by atoms with Gasteiger partial charge in [0.15, 0.2) is 5.96 Å². The minimum Gasteiger partial charge on any atom is -0.351 e. The smallest absolute Gasteiger partial charge is 0.193 e. The highest BCUT2D eigenvalue weighted by molar-refractivity contribution is 7.11. The van der Waals surface area contributed by atoms with Gasteiger partial charge in [-0.05, 0) is 25.7 Å². The molecule has 100 valence electrons. The monoisotopic (exact) mass is 266 g/mol. The van der Waals surface area contributed by atoms with Gasteiger partial charge in [-0.15, -0.1) is 11.3 Å². The zero-order valence-electron chi connectivity index (χ0n) is 11.4. The van der Waals surface area contributed by atoms with Crippen LogP contribution in [0.15, 0.2) is 11.2 Å². The van der Waals surface area contributed by atoms with E-state index in [0.717, 1.165) is 36.5 Å². The molecule has 0 atom stereocenters. The van der Waals surface area contributed by atoms with Crippen LogP contribution >= 0.6 is 11.3 Å². The third kappa shape index (κ3) is 3.45. The van der Waals surface area contributed by atoms with Crippen molar-refractivity contribution in [2.75, 3.05) is 20.1 Å². The van der Waals surface area contributed by atoms with E-state index in [1.807, 2.05) is 20.2 Å². The van der Waals surface area contributed by atoms with Crippen molar-refractivity contribution >= 4 is 17.3 Å². The lowest BCUT2D eigenvalue weighted by Gasteiger charge is -2.32. The Bertz CT molecular complexity index is 405. The number of hydrogen-bond donors (Lipinski definition) is 1. The second-order valence-corrected chi connectivity index (χ2v) is 6.24. The molecule has 2 rings (SSSR count). The van der Waals surface area contributed by atoms with E-state index in [-0.39, 0.29) is 0 Å². The number of aromatic nitrogens is 1. The predicted molar refractivity (Wildman–Crippen MR) is 77.0 cm³/mol. The Kier molecular flexibility index (Phi) is 4.58. The molecule has 0 unspecified atom stereocenters. The van der Waals surface area contributed by atoms with Crippen LogP contribution in [0.1, 0.15) is 29.7 Å². The molecule has 0 spiro atoms. The molecule has 1 aliphatic heterocycles. The molecule has 0 amide bonds. The molecule has 1 N–H and O–H groups in total. The van der Waals surface area contributed by atoms with E-state index < -0.39 is 0 Å². The Hall–Kier alpha value is -1.10. The van der Waals surface area contributed by atoms with Crippen molar-refractivity contribution < 1.29 is 0 Å². The van der Waals surface area contributed by atoms with Gasteiger partial charge in [0.1, 0.15) is 0 Å². The molecule has 0 radical (unpaired) electrons. The van der Waals surface area contributed by atoms with Crippen molar-refractivity contribution in [2.45, 2.75) is 33.2 Å². The minimum absolute atomic E-state index is 0.824. The number of thiazole rings is 1. The molecular formula is C13H22N4S. The molecule has 4 nitrogen and oxygen atoms in total. The molecule has 18 heavy (non-hydrogen) atoms. The van der Waals surface area contributed by atoms with Crippen LogP contribution in [0, 0.1) is 12.8 Å². The van der Waals surface area contributed by atoms with E-state index in [2.05, 4.69) is 27.1 Å². The number of piperidine rings is 1. The number of aryl methyl sites for hydroxylation is 1. The first-order valence-corrected chi connectivity index (χ1v) is 7.37. The number of aliphatic imine (C=N–C) groups is 1. The van der Waals surface area contributed by atoms with E-state index in [4.69, 9.17) is 0 Å². The highest BCUT2D eigenvalue weighted by Gasteiger charge is 2.18. The Morgan fingerprint density at radius 2 is 2.28 bits per heavy atom. The van der Waals surface area contributed by atoms with Gasteiger partial charge in [-0.3, -0.25) is 4.99 Å². The molecule has 1 aliphatic rings. The summed E-state index contributed by atoms with van der Waals surface area (Å²) >= 11 is 1.74. The molecule has 0 saturated carbocycles. The van der Waals surface area contributed by atoms with Gasteiger partial charge in [0.2, 0.25) is 0 Å². The van der Waals surface area contributed by atoms with Crippen molar-refractivity contribution in [3.05, 3.63) is 16.1 Å². The number of rotatable bonds is 2. The normalized spacial score (nSPS) is 18.2. The van der Waals surface area contributed by atoms with Crippen molar-refractivity contribution in [3.63, 3.8) is 0 Å². The number of guanidine groups is 1. The fourth-order valence-corrected chi connectivity index (χ4v) is 2.94. The van der Waals surface area contributed by atoms with Crippen LogP contribution in [0.3, 0.4) is 0 Å². The van der Waals surface area contributed by atoms with Gasteiger partial charge in [0.25, 0.3) is 0 Å². The third-order valence-corrected chi connectivity index (χ3v) is 4.30. The molecule has 5 heteroatoms. The van der Waals surface area contributed by atoms with Gasteiger partial charge >= 0.3 is 0 Å². The van der Waals surface area contributed by atoms with Gasteiger partial charge in [0, 0.05) is 31.2 Å². The average Bonchev–Trinajstić information content (AvgIpc) is 2.78. The number of nitrogens with one attached hydrogen (secondary N) is 1. The Labute approximate surface area is 113 Å². The predicted octanol–water partition coefficient (Wildman–Crippen LogP) is 2.26. The summed E-state index contributed by atoms with van der Waals surface area (Å²) < 4.78 is 0.